The lowest BCUT2D eigenvalue weighted by Crippen LogP contribution is -2.63. The summed E-state index contributed by atoms with van der Waals surface area (Å²) in [4.78, 5) is 303. The number of hydrogen-bond acceptors (Lipinski definition) is 28. The fourth-order valence-corrected chi connectivity index (χ4v) is 11.5. The molecule has 54 nitrogen and oxygen atoms in total. The molecule has 0 aliphatic heterocycles. The Morgan fingerprint density at radius 2 is 0.639 bits per heavy atom. The number of phosphoric ester groups is 3. The van der Waals surface area contributed by atoms with Gasteiger partial charge in [-0.1, -0.05) is 68.2 Å². The van der Waals surface area contributed by atoms with E-state index in [9.17, 15) is 160 Å². The van der Waals surface area contributed by atoms with Gasteiger partial charge in [-0.3, -0.25) is 100 Å². The van der Waals surface area contributed by atoms with Crippen molar-refractivity contribution in [3.63, 3.8) is 0 Å². The van der Waals surface area contributed by atoms with Crippen molar-refractivity contribution in [2.24, 2.45) is 45.9 Å². The van der Waals surface area contributed by atoms with E-state index in [1.165, 1.54) is 48.5 Å². The minimum absolute atomic E-state index is 0.0266. The molecular formula is C65H114N17O37P3. The van der Waals surface area contributed by atoms with Crippen LogP contribution >= 0.6 is 23.5 Å². The monoisotopic (exact) mass is 1820 g/mol. The molecular weight excluding hydrogens is 1700 g/mol. The van der Waals surface area contributed by atoms with Crippen LogP contribution < -0.4 is 86.3 Å². The van der Waals surface area contributed by atoms with Crippen LogP contribution in [0.2, 0.25) is 0 Å². The lowest BCUT2D eigenvalue weighted by atomic mass is 9.95. The molecule has 0 aliphatic carbocycles. The van der Waals surface area contributed by atoms with Gasteiger partial charge in [0.1, 0.15) is 78.5 Å². The molecule has 0 aromatic heterocycles. The van der Waals surface area contributed by atoms with Crippen LogP contribution in [0.3, 0.4) is 0 Å². The molecule has 0 fully saturated rings. The van der Waals surface area contributed by atoms with Crippen LogP contribution in [0.4, 0.5) is 0 Å². The molecule has 0 saturated heterocycles. The smallest absolute Gasteiger partial charge is 0.469 e. The number of carbonyl (C=O) groups is 18. The fourth-order valence-electron chi connectivity index (χ4n) is 10.5. The lowest BCUT2D eigenvalue weighted by molar-refractivity contribution is -0.143. The highest BCUT2D eigenvalue weighted by Gasteiger charge is 2.42. The number of rotatable bonds is 61. The Bertz CT molecular complexity index is 3800. The Balaban J connectivity index is 7.52. The van der Waals surface area contributed by atoms with Crippen LogP contribution in [-0.2, 0) is 114 Å². The highest BCUT2D eigenvalue weighted by Crippen LogP contribution is 2.37. The number of nitrogens with one attached hydrogen (secondary N) is 13. The molecule has 0 aromatic rings. The Hall–Kier alpha value is -10.1. The molecule has 122 heavy (non-hydrogen) atoms. The second kappa shape index (κ2) is 54.4. The van der Waals surface area contributed by atoms with E-state index < -0.39 is 322 Å². The first-order valence-corrected chi connectivity index (χ1v) is 42.1. The van der Waals surface area contributed by atoms with Gasteiger partial charge in [0.25, 0.3) is 0 Å². The van der Waals surface area contributed by atoms with Gasteiger partial charge in [0.05, 0.1) is 38.6 Å². The molecule has 0 heterocycles. The third-order valence-electron chi connectivity index (χ3n) is 17.6. The van der Waals surface area contributed by atoms with Crippen molar-refractivity contribution in [3.8, 4) is 0 Å². The minimum Gasteiger partial charge on any atom is -0.481 e. The van der Waals surface area contributed by atoms with Crippen LogP contribution in [0.15, 0.2) is 4.99 Å². The maximum absolute atomic E-state index is 14.4. The van der Waals surface area contributed by atoms with Gasteiger partial charge in [0, 0.05) is 32.2 Å². The quantitative estimate of drug-likeness (QED) is 0.0116. The maximum atomic E-state index is 14.4. The van der Waals surface area contributed by atoms with Crippen LogP contribution in [0.25, 0.3) is 0 Å². The van der Waals surface area contributed by atoms with Gasteiger partial charge in [0.15, 0.2) is 5.96 Å². The second-order valence-electron chi connectivity index (χ2n) is 28.5. The number of hydrogen-bond donors (Lipinski definition) is 29. The average Bonchev–Trinajstić information content (AvgIpc) is 0.845. The molecule has 0 unspecified atom stereocenters. The van der Waals surface area contributed by atoms with Crippen LogP contribution in [-0.4, -0.2) is 301 Å². The fraction of sp³-hybridized carbons (Fsp3) is 0.708. The van der Waals surface area contributed by atoms with Gasteiger partial charge in [-0.05, 0) is 75.5 Å². The molecule has 696 valence electrons. The average molecular weight is 1820 g/mol. The van der Waals surface area contributed by atoms with E-state index in [4.69, 9.17) is 22.3 Å². The number of aliphatic hydroxyl groups is 2. The SMILES string of the molecule is CC[C@H](C)[C@H](NC(=O)[C@H](CCC(=O)O)NC(=O)[C@H](CCC(=O)O)NC(=O)[C@H](CO)NC(=O)[C@H](COP(=O)(O)O)NC(=O)[C@H](COP(=O)(O)O)NC(=O)[C@H](CC(C)C)NC(=O)[C@H](COP(=O)(O)O)NC(=O)[C@H](CCC(=O)O)NC(=O)[C@@H](NC(=O)[C@@H](NC(=O)[C@@H](N)CCC(=O)O)[C@@H](C)CC)C(C)C)C(=O)N[C@H](C(=O)N[C@@H](CCCN=C(N)N)C(=O)O)[C@@H](C)O. The van der Waals surface area contributed by atoms with E-state index in [0.717, 1.165) is 6.92 Å². The normalized spacial score (nSPS) is 15.8. The summed E-state index contributed by atoms with van der Waals surface area (Å²) >= 11 is 0. The van der Waals surface area contributed by atoms with E-state index >= 15 is 0 Å². The number of carboxylic acid groups (broad SMARTS) is 5. The summed E-state index contributed by atoms with van der Waals surface area (Å²) in [7, 11) is -17.2. The number of nitrogens with zero attached hydrogens (tertiary/aromatic N) is 1. The summed E-state index contributed by atoms with van der Waals surface area (Å²) in [5.74, 6) is -29.7. The van der Waals surface area contributed by atoms with Crippen molar-refractivity contribution in [1.29, 1.82) is 0 Å². The summed E-state index contributed by atoms with van der Waals surface area (Å²) < 4.78 is 49.6. The number of nitrogens with two attached hydrogens (primary N) is 3. The third kappa shape index (κ3) is 45.7. The summed E-state index contributed by atoms with van der Waals surface area (Å²) in [5, 5.41) is 96.2. The van der Waals surface area contributed by atoms with Crippen molar-refractivity contribution >= 4 is 136 Å². The summed E-state index contributed by atoms with van der Waals surface area (Å²) in [6, 6.07) is -28.1. The zero-order chi connectivity index (χ0) is 94.2. The van der Waals surface area contributed by atoms with Gasteiger partial charge in [-0.15, -0.1) is 0 Å². The number of aliphatic imine (C=N–C) groups is 1. The van der Waals surface area contributed by atoms with E-state index in [2.05, 4.69) is 61.1 Å². The van der Waals surface area contributed by atoms with Crippen molar-refractivity contribution < 1.29 is 179 Å². The first-order chi connectivity index (χ1) is 56.3. The predicted octanol–water partition coefficient (Wildman–Crippen LogP) is -9.29. The summed E-state index contributed by atoms with van der Waals surface area (Å²) in [6.45, 7) is 6.26. The Morgan fingerprint density at radius 3 is 0.967 bits per heavy atom. The van der Waals surface area contributed by atoms with Crippen LogP contribution in [0.5, 0.6) is 0 Å². The van der Waals surface area contributed by atoms with Crippen LogP contribution in [0.1, 0.15) is 146 Å². The molecule has 13 amide bonds. The zero-order valence-electron chi connectivity index (χ0n) is 67.8. The number of aliphatic hydroxyl groups excluding tert-OH is 2. The molecule has 0 bridgehead atoms. The number of carboxylic acids is 5. The number of phosphoric acid groups is 3. The lowest BCUT2D eigenvalue weighted by Gasteiger charge is -2.30. The van der Waals surface area contributed by atoms with E-state index in [1.807, 2.05) is 21.3 Å². The van der Waals surface area contributed by atoms with Gasteiger partial charge >= 0.3 is 53.3 Å². The topological polar surface area (TPSA) is 896 Å². The van der Waals surface area contributed by atoms with Crippen LogP contribution in [0, 0.1) is 23.7 Å². The molecule has 0 saturated carbocycles. The van der Waals surface area contributed by atoms with E-state index in [1.54, 1.807) is 12.2 Å². The van der Waals surface area contributed by atoms with Crippen molar-refractivity contribution in [2.45, 2.75) is 236 Å². The Kier molecular flexibility index (Phi) is 50.0. The molecule has 0 radical (unpaired) electrons. The molecule has 32 N–H and O–H groups in total. The van der Waals surface area contributed by atoms with Gasteiger partial charge < -0.3 is 151 Å². The molecule has 0 rings (SSSR count). The third-order valence-corrected chi connectivity index (χ3v) is 19.0. The van der Waals surface area contributed by atoms with Gasteiger partial charge in [-0.2, -0.15) is 0 Å². The predicted molar refractivity (Wildman–Crippen MR) is 414 cm³/mol. The minimum atomic E-state index is -5.77. The standard InChI is InChI=1S/C65H114N17O37P3/c1-10-30(7)48(80-51(93)33(66)14-18-43(85)86)61(103)79-47(29(5)6)60(102)72-35(16-20-45(89)90)53(95)76-40(25-117-120(108,109)110)57(99)74-38(23-28(3)4)55(97)77-42(27-119-122(114,115)116)59(101)78-41(26-118-121(111,112)113)58(100)75-39(24-83)56(98)71-34(15-19-44(87)88)52(94)70-36(17-21-46(91)92)54(96)81-49(31(8)11-2)62(104)82-50(32(9)84)63(105)73-37(64(106)107)13-12-22-69-65(67)68/h28-42,47-50,83-84H,10-27,66H2,1-9H3,(H,70,94)(H,71,98)(H,72,102)(H,73,105)(H,74,99)(H,75,100)(H,76,95)(H,77,97)(H,78,101)(H,79,103)(H,80,93)(H,81,96)(H,82,104)(H,85,86)(H,87,88)(H,89,90)(H,91,92)(H,106,107)(H4,67,68,69)(H2,108,109,110)(H2,111,112,113)(H2,114,115,116)/t30-,31-,32+,33-,34-,35-,36-,37-,38-,39-,40-,41-,42-,47-,48-,49-,50-/m0/s1. The molecule has 17 atom stereocenters. The van der Waals surface area contributed by atoms with Crippen molar-refractivity contribution in [1.82, 2.24) is 69.1 Å². The first-order valence-electron chi connectivity index (χ1n) is 37.5. The first kappa shape index (κ1) is 112. The number of carbonyl (C=O) groups excluding carboxylic acids is 13. The number of aliphatic carboxylic acids is 5. The van der Waals surface area contributed by atoms with Crippen molar-refractivity contribution in [3.05, 3.63) is 0 Å². The van der Waals surface area contributed by atoms with E-state index in [0.29, 0.717) is 0 Å². The zero-order valence-corrected chi connectivity index (χ0v) is 70.5. The highest BCUT2D eigenvalue weighted by molar-refractivity contribution is 7.46. The number of amides is 13. The molecule has 57 heteroatoms. The molecule has 0 aliphatic rings. The van der Waals surface area contributed by atoms with Gasteiger partial charge in [-0.25, -0.2) is 18.5 Å². The summed E-state index contributed by atoms with van der Waals surface area (Å²) in [5.41, 5.74) is 16.4. The Morgan fingerprint density at radius 1 is 0.361 bits per heavy atom. The molecule has 0 aromatic carbocycles. The number of guanidine groups is 1. The molecule has 0 spiro atoms. The second-order valence-corrected chi connectivity index (χ2v) is 32.3. The van der Waals surface area contributed by atoms with Gasteiger partial charge in [0.2, 0.25) is 76.8 Å². The highest BCUT2D eigenvalue weighted by atomic mass is 31.2. The summed E-state index contributed by atoms with van der Waals surface area (Å²) in [6.07, 6.45) is -8.63. The largest absolute Gasteiger partial charge is 0.481 e. The maximum Gasteiger partial charge on any atom is 0.469 e. The van der Waals surface area contributed by atoms with E-state index in [-0.39, 0.29) is 44.6 Å². The van der Waals surface area contributed by atoms with Crippen molar-refractivity contribution in [2.75, 3.05) is 33.0 Å². The Labute approximate surface area is 696 Å².